The molecule has 2 nitrogen and oxygen atoms in total. The maximum absolute atomic E-state index is 4.61. The Morgan fingerprint density at radius 2 is 2.17 bits per heavy atom. The zero-order valence-electron chi connectivity index (χ0n) is 8.32. The van der Waals surface area contributed by atoms with Crippen molar-refractivity contribution in [1.82, 2.24) is 9.80 Å². The molecule has 0 aromatic heterocycles. The number of hydrogen-bond acceptors (Lipinski definition) is 3. The molecule has 0 saturated carbocycles. The monoisotopic (exact) mass is 188 g/mol. The highest BCUT2D eigenvalue weighted by atomic mass is 32.1. The van der Waals surface area contributed by atoms with Crippen LogP contribution in [0.3, 0.4) is 0 Å². The molecular weight excluding hydrogens is 168 g/mol. The van der Waals surface area contributed by atoms with Crippen LogP contribution in [0.4, 0.5) is 0 Å². The molecule has 1 rings (SSSR count). The first kappa shape index (κ1) is 10.4. The van der Waals surface area contributed by atoms with Crippen LogP contribution in [0.25, 0.3) is 0 Å². The minimum atomic E-state index is 0.424. The Bertz CT molecular complexity index is 138. The summed E-state index contributed by atoms with van der Waals surface area (Å²) in [5.41, 5.74) is 0. The lowest BCUT2D eigenvalue weighted by Gasteiger charge is -2.35. The van der Waals surface area contributed by atoms with E-state index in [0.29, 0.717) is 5.37 Å². The summed E-state index contributed by atoms with van der Waals surface area (Å²) in [5, 5.41) is 0.424. The molecule has 1 aliphatic heterocycles. The van der Waals surface area contributed by atoms with Crippen molar-refractivity contribution in [2.24, 2.45) is 5.92 Å². The average Bonchev–Trinajstić information content (AvgIpc) is 2.03. The third-order valence-electron chi connectivity index (χ3n) is 2.61. The van der Waals surface area contributed by atoms with E-state index in [1.807, 2.05) is 0 Å². The van der Waals surface area contributed by atoms with Crippen molar-refractivity contribution in [2.75, 3.05) is 34.2 Å². The Morgan fingerprint density at radius 1 is 1.50 bits per heavy atom. The lowest BCUT2D eigenvalue weighted by Crippen LogP contribution is -2.41. The molecule has 0 N–H and O–H groups in total. The highest BCUT2D eigenvalue weighted by Crippen LogP contribution is 2.22. The topological polar surface area (TPSA) is 6.48 Å². The van der Waals surface area contributed by atoms with Crippen molar-refractivity contribution in [1.29, 1.82) is 0 Å². The summed E-state index contributed by atoms with van der Waals surface area (Å²) in [6.45, 7) is 2.46. The number of piperidine rings is 1. The predicted octanol–water partition coefficient (Wildman–Crippen LogP) is 1.15. The number of hydrogen-bond donors (Lipinski definition) is 1. The summed E-state index contributed by atoms with van der Waals surface area (Å²) in [6, 6.07) is 0. The number of nitrogens with zero attached hydrogens (tertiary/aromatic N) is 2. The molecule has 0 bridgehead atoms. The van der Waals surface area contributed by atoms with Crippen LogP contribution < -0.4 is 0 Å². The van der Waals surface area contributed by atoms with Gasteiger partial charge in [0.05, 0.1) is 5.37 Å². The van der Waals surface area contributed by atoms with Crippen LogP contribution >= 0.6 is 12.6 Å². The van der Waals surface area contributed by atoms with Crippen LogP contribution in [-0.2, 0) is 0 Å². The van der Waals surface area contributed by atoms with Crippen LogP contribution in [0.2, 0.25) is 0 Å². The summed E-state index contributed by atoms with van der Waals surface area (Å²) in [4.78, 5) is 4.60. The van der Waals surface area contributed by atoms with Gasteiger partial charge < -0.3 is 4.90 Å². The van der Waals surface area contributed by atoms with Gasteiger partial charge in [-0.2, -0.15) is 12.6 Å². The summed E-state index contributed by atoms with van der Waals surface area (Å²) < 4.78 is 0. The zero-order valence-corrected chi connectivity index (χ0v) is 9.22. The normalized spacial score (nSPS) is 29.2. The number of likely N-dealkylation sites (tertiary alicyclic amines) is 1. The predicted molar refractivity (Wildman–Crippen MR) is 56.7 cm³/mol. The van der Waals surface area contributed by atoms with Gasteiger partial charge in [-0.25, -0.2) is 0 Å². The fourth-order valence-electron chi connectivity index (χ4n) is 1.87. The maximum Gasteiger partial charge on any atom is 0.0563 e. The molecule has 0 spiro atoms. The van der Waals surface area contributed by atoms with Crippen molar-refractivity contribution in [3.05, 3.63) is 0 Å². The molecule has 0 amide bonds. The van der Waals surface area contributed by atoms with Crippen molar-refractivity contribution < 1.29 is 0 Å². The zero-order chi connectivity index (χ0) is 9.14. The molecule has 0 aromatic rings. The van der Waals surface area contributed by atoms with Gasteiger partial charge in [-0.1, -0.05) is 0 Å². The van der Waals surface area contributed by atoms with Gasteiger partial charge in [0, 0.05) is 6.54 Å². The van der Waals surface area contributed by atoms with E-state index < -0.39 is 0 Å². The van der Waals surface area contributed by atoms with Crippen LogP contribution in [0.1, 0.15) is 12.8 Å². The molecule has 72 valence electrons. The first-order valence-corrected chi connectivity index (χ1v) is 5.16. The Morgan fingerprint density at radius 3 is 2.67 bits per heavy atom. The van der Waals surface area contributed by atoms with Gasteiger partial charge >= 0.3 is 0 Å². The van der Waals surface area contributed by atoms with Gasteiger partial charge in [0.1, 0.15) is 0 Å². The average molecular weight is 188 g/mol. The Hall–Kier alpha value is 0.270. The molecule has 2 unspecified atom stereocenters. The van der Waals surface area contributed by atoms with E-state index >= 15 is 0 Å². The largest absolute Gasteiger partial charge is 0.306 e. The summed E-state index contributed by atoms with van der Waals surface area (Å²) in [5.74, 6) is 0.738. The highest BCUT2D eigenvalue weighted by molar-refractivity contribution is 7.80. The summed E-state index contributed by atoms with van der Waals surface area (Å²) in [6.07, 6.45) is 2.66. The van der Waals surface area contributed by atoms with Gasteiger partial charge in [-0.15, -0.1) is 0 Å². The molecular formula is C9H20N2S. The van der Waals surface area contributed by atoms with Crippen molar-refractivity contribution >= 4 is 12.6 Å². The third-order valence-corrected chi connectivity index (χ3v) is 3.50. The van der Waals surface area contributed by atoms with Crippen LogP contribution in [-0.4, -0.2) is 49.4 Å². The van der Waals surface area contributed by atoms with Crippen molar-refractivity contribution in [2.45, 2.75) is 18.2 Å². The molecule has 2 atom stereocenters. The quantitative estimate of drug-likeness (QED) is 0.513. The van der Waals surface area contributed by atoms with E-state index in [1.165, 1.54) is 25.9 Å². The Balaban J connectivity index is 2.40. The van der Waals surface area contributed by atoms with Gasteiger partial charge in [-0.05, 0) is 46.4 Å². The van der Waals surface area contributed by atoms with Gasteiger partial charge in [0.2, 0.25) is 0 Å². The van der Waals surface area contributed by atoms with E-state index in [0.717, 1.165) is 5.92 Å². The second-order valence-electron chi connectivity index (χ2n) is 4.04. The van der Waals surface area contributed by atoms with E-state index in [2.05, 4.69) is 43.6 Å². The second kappa shape index (κ2) is 4.49. The molecule has 12 heavy (non-hydrogen) atoms. The summed E-state index contributed by atoms with van der Waals surface area (Å²) >= 11 is 4.61. The van der Waals surface area contributed by atoms with Crippen LogP contribution in [0, 0.1) is 5.92 Å². The minimum Gasteiger partial charge on any atom is -0.306 e. The standard InChI is InChI=1S/C9H20N2S/c1-10(2)9(12)8-5-4-6-11(3)7-8/h8-9,12H,4-7H2,1-3H3. The van der Waals surface area contributed by atoms with Gasteiger partial charge in [0.25, 0.3) is 0 Å². The van der Waals surface area contributed by atoms with Gasteiger partial charge in [-0.3, -0.25) is 4.90 Å². The van der Waals surface area contributed by atoms with Crippen LogP contribution in [0.5, 0.6) is 0 Å². The van der Waals surface area contributed by atoms with E-state index in [9.17, 15) is 0 Å². The van der Waals surface area contributed by atoms with E-state index in [-0.39, 0.29) is 0 Å². The van der Waals surface area contributed by atoms with Crippen molar-refractivity contribution in [3.8, 4) is 0 Å². The molecule has 0 aromatic carbocycles. The smallest absolute Gasteiger partial charge is 0.0563 e. The lowest BCUT2D eigenvalue weighted by atomic mass is 9.98. The highest BCUT2D eigenvalue weighted by Gasteiger charge is 2.24. The SMILES string of the molecule is CN1CCCC(C(S)N(C)C)C1. The fourth-order valence-corrected chi connectivity index (χ4v) is 2.11. The molecule has 0 aliphatic carbocycles. The van der Waals surface area contributed by atoms with E-state index in [1.54, 1.807) is 0 Å². The second-order valence-corrected chi connectivity index (χ2v) is 4.57. The first-order chi connectivity index (χ1) is 5.61. The lowest BCUT2D eigenvalue weighted by molar-refractivity contribution is 0.165. The Kier molecular flexibility index (Phi) is 3.87. The molecule has 1 aliphatic rings. The van der Waals surface area contributed by atoms with E-state index in [4.69, 9.17) is 0 Å². The molecule has 0 radical (unpaired) electrons. The van der Waals surface area contributed by atoms with Gasteiger partial charge in [0.15, 0.2) is 0 Å². The molecule has 1 heterocycles. The molecule has 1 saturated heterocycles. The van der Waals surface area contributed by atoms with Crippen molar-refractivity contribution in [3.63, 3.8) is 0 Å². The molecule has 3 heteroatoms. The number of thiol groups is 1. The summed E-state index contributed by atoms with van der Waals surface area (Å²) in [7, 11) is 6.40. The fraction of sp³-hybridized carbons (Fsp3) is 1.00. The maximum atomic E-state index is 4.61. The third kappa shape index (κ3) is 2.64. The Labute approximate surface area is 81.3 Å². The minimum absolute atomic E-state index is 0.424. The molecule has 1 fully saturated rings. The first-order valence-electron chi connectivity index (χ1n) is 4.64. The van der Waals surface area contributed by atoms with Crippen LogP contribution in [0.15, 0.2) is 0 Å². The number of rotatable bonds is 2.